The Labute approximate surface area is 331 Å². The minimum atomic E-state index is -0.751. The van der Waals surface area contributed by atoms with Gasteiger partial charge in [-0.3, -0.25) is 19.3 Å². The Bertz CT molecular complexity index is 1680. The van der Waals surface area contributed by atoms with E-state index in [1.807, 2.05) is 13.8 Å². The second kappa shape index (κ2) is 14.8. The van der Waals surface area contributed by atoms with E-state index >= 15 is 0 Å². The van der Waals surface area contributed by atoms with Crippen molar-refractivity contribution in [1.82, 2.24) is 20.0 Å². The smallest absolute Gasteiger partial charge is 0.306 e. The van der Waals surface area contributed by atoms with Crippen LogP contribution in [-0.2, 0) is 20.9 Å². The molecule has 0 radical (unpaired) electrons. The maximum atomic E-state index is 14.2. The Morgan fingerprint density at radius 2 is 1.64 bits per heavy atom. The molecule has 11 unspecified atom stereocenters. The van der Waals surface area contributed by atoms with Crippen LogP contribution in [0, 0.1) is 81.8 Å². The first kappa shape index (κ1) is 40.8. The summed E-state index contributed by atoms with van der Waals surface area (Å²) in [4.78, 5) is 44.1. The maximum absolute atomic E-state index is 14.2. The number of fused-ring (bicyclic) bond motifs is 7. The molecule has 0 aliphatic heterocycles. The monoisotopic (exact) mass is 761 g/mol. The number of Topliss-reactive ketones (excluding diaryl/α,β-unsaturated/α-hetero) is 2. The zero-order chi connectivity index (χ0) is 39.8. The Kier molecular flexibility index (Phi) is 11.0. The molecule has 1 heterocycles. The minimum absolute atomic E-state index is 0.0498. The third-order valence-electron chi connectivity index (χ3n) is 17.6. The van der Waals surface area contributed by atoms with Gasteiger partial charge in [0.1, 0.15) is 5.78 Å². The quantitative estimate of drug-likeness (QED) is 0.211. The Hall–Kier alpha value is -2.39. The lowest BCUT2D eigenvalue weighted by molar-refractivity contribution is -0.193. The molecule has 1 N–H and O–H groups in total. The number of carboxylic acids is 1. The summed E-state index contributed by atoms with van der Waals surface area (Å²) in [5.74, 6) is 3.63. The number of aliphatic carboxylic acids is 1. The van der Waals surface area contributed by atoms with Gasteiger partial charge in [0.2, 0.25) is 11.8 Å². The number of carboxylic acid groups (broad SMARTS) is 1. The molecular formula is C46H72N4O5. The SMILES string of the molecule is Cc1nnc(CN(CCN(C)C)CCC23CCC4C(CCC5C4(C)CCC4C(C)(C)C(CC(=O)C6CC(C(=O)O)C6C)CCC45C)C2=C(C(C)C)C(=O)C3)o1. The zero-order valence-electron chi connectivity index (χ0n) is 35.9. The Morgan fingerprint density at radius 3 is 2.27 bits per heavy atom. The van der Waals surface area contributed by atoms with E-state index in [9.17, 15) is 19.5 Å². The molecule has 1 aromatic heterocycles. The number of rotatable bonds is 13. The molecule has 0 amide bonds. The highest BCUT2D eigenvalue weighted by molar-refractivity contribution is 6.00. The number of likely N-dealkylation sites (N-methyl/N-ethyl adjacent to an activating group) is 1. The molecule has 5 fully saturated rings. The van der Waals surface area contributed by atoms with Crippen molar-refractivity contribution in [3.8, 4) is 0 Å². The first-order valence-corrected chi connectivity index (χ1v) is 22.0. The van der Waals surface area contributed by atoms with E-state index in [2.05, 4.69) is 75.6 Å². The molecule has 0 bridgehead atoms. The lowest BCUT2D eigenvalue weighted by atomic mass is 9.35. The standard InChI is InChI=1S/C46H72N4O5/c1-27(2)40-36(52)25-46(19-20-50(22-21-49(9)10)26-39-48-47-29(4)55-39)18-14-34-31(41(40)46)11-12-38-44(34,7)17-15-37-43(5,6)30(13-16-45(37,38)8)23-35(51)32-24-33(28(32)3)42(53)54/h27-28,30-34,37-38H,11-26H2,1-10H3,(H,53,54). The van der Waals surface area contributed by atoms with Crippen molar-refractivity contribution in [2.45, 2.75) is 139 Å². The second-order valence-electron chi connectivity index (χ2n) is 21.3. The molecule has 11 atom stereocenters. The molecule has 9 nitrogen and oxygen atoms in total. The van der Waals surface area contributed by atoms with E-state index in [0.717, 1.165) is 38.9 Å². The van der Waals surface area contributed by atoms with Gasteiger partial charge in [0.25, 0.3) is 0 Å². The van der Waals surface area contributed by atoms with Crippen molar-refractivity contribution in [2.75, 3.05) is 33.7 Å². The average molecular weight is 761 g/mol. The lowest BCUT2D eigenvalue weighted by Gasteiger charge is -2.69. The molecule has 55 heavy (non-hydrogen) atoms. The number of ketones is 2. The van der Waals surface area contributed by atoms with Crippen molar-refractivity contribution in [3.63, 3.8) is 0 Å². The average Bonchev–Trinajstić information content (AvgIpc) is 3.65. The lowest BCUT2D eigenvalue weighted by Crippen LogP contribution is -2.62. The third kappa shape index (κ3) is 6.91. The fraction of sp³-hybridized carbons (Fsp3) is 0.848. The van der Waals surface area contributed by atoms with Crippen molar-refractivity contribution >= 4 is 17.5 Å². The van der Waals surface area contributed by atoms with Crippen molar-refractivity contribution in [2.24, 2.45) is 74.9 Å². The normalized spacial score (nSPS) is 39.5. The predicted octanol–water partition coefficient (Wildman–Crippen LogP) is 8.65. The summed E-state index contributed by atoms with van der Waals surface area (Å²) in [6, 6.07) is 0. The van der Waals surface area contributed by atoms with Gasteiger partial charge in [0, 0.05) is 44.2 Å². The van der Waals surface area contributed by atoms with Gasteiger partial charge in [-0.1, -0.05) is 54.0 Å². The number of allylic oxidation sites excluding steroid dienone is 2. The van der Waals surface area contributed by atoms with Gasteiger partial charge in [-0.2, -0.15) is 0 Å². The van der Waals surface area contributed by atoms with Crippen molar-refractivity contribution < 1.29 is 23.9 Å². The second-order valence-corrected chi connectivity index (χ2v) is 21.3. The van der Waals surface area contributed by atoms with Crippen LogP contribution in [0.25, 0.3) is 0 Å². The highest BCUT2D eigenvalue weighted by atomic mass is 16.4. The molecule has 1 aromatic rings. The first-order valence-electron chi connectivity index (χ1n) is 22.0. The summed E-state index contributed by atoms with van der Waals surface area (Å²) in [5.41, 5.74) is 3.21. The third-order valence-corrected chi connectivity index (χ3v) is 17.6. The van der Waals surface area contributed by atoms with Gasteiger partial charge in [-0.25, -0.2) is 0 Å². The molecule has 9 heteroatoms. The predicted molar refractivity (Wildman–Crippen MR) is 214 cm³/mol. The molecule has 6 aliphatic carbocycles. The van der Waals surface area contributed by atoms with Crippen LogP contribution in [0.4, 0.5) is 0 Å². The fourth-order valence-electron chi connectivity index (χ4n) is 14.7. The highest BCUT2D eigenvalue weighted by Crippen LogP contribution is 2.74. The van der Waals surface area contributed by atoms with E-state index in [1.54, 1.807) is 5.57 Å². The maximum Gasteiger partial charge on any atom is 0.306 e. The molecule has 6 aliphatic rings. The zero-order valence-corrected chi connectivity index (χ0v) is 35.9. The van der Waals surface area contributed by atoms with E-state index in [4.69, 9.17) is 4.42 Å². The van der Waals surface area contributed by atoms with Crippen LogP contribution >= 0.6 is 0 Å². The van der Waals surface area contributed by atoms with Crippen LogP contribution in [0.5, 0.6) is 0 Å². The van der Waals surface area contributed by atoms with E-state index < -0.39 is 5.97 Å². The highest BCUT2D eigenvalue weighted by Gasteiger charge is 2.66. The summed E-state index contributed by atoms with van der Waals surface area (Å²) < 4.78 is 5.83. The van der Waals surface area contributed by atoms with Crippen molar-refractivity contribution in [1.29, 1.82) is 0 Å². The number of carbonyl (C=O) groups is 3. The molecule has 306 valence electrons. The summed E-state index contributed by atoms with van der Waals surface area (Å²) in [6.45, 7) is 21.9. The van der Waals surface area contributed by atoms with E-state index in [0.29, 0.717) is 78.7 Å². The summed E-state index contributed by atoms with van der Waals surface area (Å²) in [7, 11) is 4.24. The summed E-state index contributed by atoms with van der Waals surface area (Å²) in [6.07, 6.45) is 12.2. The van der Waals surface area contributed by atoms with E-state index in [1.165, 1.54) is 44.1 Å². The van der Waals surface area contributed by atoms with Crippen LogP contribution in [0.1, 0.15) is 137 Å². The van der Waals surface area contributed by atoms with Gasteiger partial charge in [-0.15, -0.1) is 10.2 Å². The van der Waals surface area contributed by atoms with Crippen LogP contribution in [0.3, 0.4) is 0 Å². The van der Waals surface area contributed by atoms with Crippen LogP contribution in [-0.4, -0.2) is 76.4 Å². The molecule has 5 saturated carbocycles. The van der Waals surface area contributed by atoms with Crippen LogP contribution in [0.15, 0.2) is 15.6 Å². The van der Waals surface area contributed by atoms with Crippen molar-refractivity contribution in [3.05, 3.63) is 22.9 Å². The first-order chi connectivity index (χ1) is 25.8. The minimum Gasteiger partial charge on any atom is -0.481 e. The van der Waals surface area contributed by atoms with Crippen LogP contribution in [0.2, 0.25) is 0 Å². The number of carbonyl (C=O) groups excluding carboxylic acids is 2. The fourth-order valence-corrected chi connectivity index (χ4v) is 14.7. The van der Waals surface area contributed by atoms with Gasteiger partial charge >= 0.3 is 5.97 Å². The largest absolute Gasteiger partial charge is 0.481 e. The number of hydrogen-bond donors (Lipinski definition) is 1. The summed E-state index contributed by atoms with van der Waals surface area (Å²) >= 11 is 0. The number of nitrogens with zero attached hydrogens (tertiary/aromatic N) is 4. The number of aromatic nitrogens is 2. The Balaban J connectivity index is 1.10. The van der Waals surface area contributed by atoms with E-state index in [-0.39, 0.29) is 45.3 Å². The molecule has 7 rings (SSSR count). The Morgan fingerprint density at radius 1 is 0.909 bits per heavy atom. The van der Waals surface area contributed by atoms with Gasteiger partial charge in [0.05, 0.1) is 12.5 Å². The van der Waals surface area contributed by atoms with Gasteiger partial charge < -0.3 is 14.4 Å². The topological polar surface area (TPSA) is 117 Å². The molecule has 0 aromatic carbocycles. The number of aryl methyl sites for hydroxylation is 1. The summed E-state index contributed by atoms with van der Waals surface area (Å²) in [5, 5.41) is 18.0. The van der Waals surface area contributed by atoms with Gasteiger partial charge in [-0.05, 0) is 148 Å². The molecule has 0 saturated heterocycles. The molecular weight excluding hydrogens is 689 g/mol. The van der Waals surface area contributed by atoms with Crippen LogP contribution < -0.4 is 0 Å². The molecule has 0 spiro atoms. The number of hydrogen-bond acceptors (Lipinski definition) is 8. The van der Waals surface area contributed by atoms with Gasteiger partial charge in [0.15, 0.2) is 5.78 Å².